The minimum Gasteiger partial charge on any atom is -0.307 e. The quantitative estimate of drug-likeness (QED) is 0.0194. The van der Waals surface area contributed by atoms with Gasteiger partial charge >= 0.3 is 24.1 Å². The molecule has 3 unspecified atom stereocenters. The number of carbonyl (C=O) groups is 4. The number of urea groups is 4. The lowest BCUT2D eigenvalue weighted by Crippen LogP contribution is -2.35. The molecule has 8 aromatic rings. The molecule has 8 N–H and O–H groups in total. The van der Waals surface area contributed by atoms with Gasteiger partial charge in [-0.05, 0) is 283 Å². The van der Waals surface area contributed by atoms with Crippen molar-refractivity contribution >= 4 is 98.6 Å². The van der Waals surface area contributed by atoms with Gasteiger partial charge in [0.05, 0.1) is 40.9 Å². The van der Waals surface area contributed by atoms with Gasteiger partial charge in [0.2, 0.25) is 0 Å². The highest BCUT2D eigenvalue weighted by molar-refractivity contribution is 7.90. The Morgan fingerprint density at radius 3 is 0.924 bits per heavy atom. The van der Waals surface area contributed by atoms with Crippen molar-refractivity contribution in [1.29, 1.82) is 0 Å². The molecule has 3 atom stereocenters. The van der Waals surface area contributed by atoms with E-state index in [1.54, 1.807) is 39.3 Å². The fraction of sp³-hybridized carbons (Fsp3) is 0.565. The summed E-state index contributed by atoms with van der Waals surface area (Å²) in [5.41, 5.74) is 14.2. The fourth-order valence-corrected chi connectivity index (χ4v) is 20.3. The monoisotopic (exact) mass is 1920 g/mol. The number of hydrogen-bond donors (Lipinski definition) is 8. The van der Waals surface area contributed by atoms with Crippen molar-refractivity contribution in [3.8, 4) is 0 Å². The van der Waals surface area contributed by atoms with Gasteiger partial charge in [-0.3, -0.25) is 18.7 Å². The summed E-state index contributed by atoms with van der Waals surface area (Å²) in [5, 5.41) is 27.7. The highest BCUT2D eigenvalue weighted by atomic mass is 35.5. The largest absolute Gasteiger partial charge is 0.333 e. The minimum atomic E-state index is -4.24. The summed E-state index contributed by atoms with van der Waals surface area (Å²) >= 11 is 6.27. The number of nitrogens with one attached hydrogen (secondary N) is 8. The molecule has 10 rings (SSSR count). The van der Waals surface area contributed by atoms with Crippen molar-refractivity contribution in [2.24, 2.45) is 7.05 Å². The van der Waals surface area contributed by atoms with Crippen LogP contribution in [0.15, 0.2) is 86.8 Å². The zero-order valence-corrected chi connectivity index (χ0v) is 85.9. The molecule has 4 aromatic heterocycles. The summed E-state index contributed by atoms with van der Waals surface area (Å²) in [6, 6.07) is 13.8. The van der Waals surface area contributed by atoms with Crippen molar-refractivity contribution in [2.75, 3.05) is 77.6 Å². The Kier molecular flexibility index (Phi) is 37.8. The molecule has 0 spiro atoms. The van der Waals surface area contributed by atoms with Crippen molar-refractivity contribution in [3.05, 3.63) is 162 Å². The summed E-state index contributed by atoms with van der Waals surface area (Å²) in [7, 11) is 0.315. The number of rotatable bonds is 32. The maximum absolute atomic E-state index is 14.2. The molecule has 0 bridgehead atoms. The van der Waals surface area contributed by atoms with Gasteiger partial charge in [0.25, 0.3) is 40.1 Å². The number of aryl methyl sites for hydroxylation is 3. The van der Waals surface area contributed by atoms with Crippen LogP contribution >= 0.6 is 11.6 Å². The van der Waals surface area contributed by atoms with E-state index in [-0.39, 0.29) is 91.9 Å². The Balaban J connectivity index is 0.000000239. The Hall–Kier alpha value is -9.41. The van der Waals surface area contributed by atoms with Crippen molar-refractivity contribution < 1.29 is 61.6 Å². The maximum atomic E-state index is 14.2. The van der Waals surface area contributed by atoms with Crippen LogP contribution in [0.5, 0.6) is 0 Å². The zero-order valence-electron chi connectivity index (χ0n) is 81.9. The highest BCUT2D eigenvalue weighted by Gasteiger charge is 2.35. The number of benzene rings is 4. The summed E-state index contributed by atoms with van der Waals surface area (Å²) in [6.07, 6.45) is 8.33. The molecular weight excluding hydrogens is 1780 g/mol. The van der Waals surface area contributed by atoms with Crippen LogP contribution in [0.1, 0.15) is 328 Å². The average molecular weight is 1920 g/mol. The first-order valence-corrected chi connectivity index (χ1v) is 51.1. The lowest BCUT2D eigenvalue weighted by molar-refractivity contribution is 0.255. The van der Waals surface area contributed by atoms with Crippen LogP contribution in [-0.2, 0) is 79.4 Å². The Morgan fingerprint density at radius 1 is 0.374 bits per heavy atom. The molecule has 0 fully saturated rings. The number of fused-ring (bicyclic) bond motifs is 2. The van der Waals surface area contributed by atoms with E-state index in [2.05, 4.69) is 68.8 Å². The second-order valence-corrected chi connectivity index (χ2v) is 44.1. The van der Waals surface area contributed by atoms with Crippen LogP contribution < -0.4 is 40.2 Å². The molecule has 32 nitrogen and oxygen atoms in total. The SMILES string of the molecule is CC(C)c1cc(F)cc(C(C)C)c1NC(=O)NS(=O)(=O)c1cc(CN(C)C)n(C(C)C)n1.CCC(c1cc(S(=O)(=O)NC(=O)Nc2c(C(C)C)cc(Cl)cc2C(C)C)nn1C)N(C)C.CCC(c1cc(S(=O)(=O)NC(=O)Nc2c(C(C)C)cc(F)cc2C(C)C)nn1C(C)C)N(C)C.CCC(c1cc(S(=O)(=O)NC(=O)Nc2c3c(cc4c2CCC4)CCC3)nn1C(C)C)N(C)C. The number of sulfonamides is 4. The fourth-order valence-electron chi connectivity index (χ4n) is 16.5. The number of carbonyl (C=O) groups excluding carboxylic acids is 4. The first-order chi connectivity index (χ1) is 60.8. The number of hydrogen-bond acceptors (Lipinski definition) is 20. The maximum Gasteiger partial charge on any atom is 0.333 e. The van der Waals surface area contributed by atoms with E-state index in [9.17, 15) is 61.6 Å². The van der Waals surface area contributed by atoms with Gasteiger partial charge in [-0.25, -0.2) is 46.8 Å². The molecule has 0 saturated carbocycles. The molecule has 726 valence electrons. The predicted molar refractivity (Wildman–Crippen MR) is 515 cm³/mol. The van der Waals surface area contributed by atoms with E-state index >= 15 is 0 Å². The summed E-state index contributed by atoms with van der Waals surface area (Å²) in [5.74, 6) is -0.964. The zero-order chi connectivity index (χ0) is 98.6. The third-order valence-electron chi connectivity index (χ3n) is 22.8. The molecule has 0 radical (unpaired) electrons. The molecular formula is C92H141ClF2N20O12S4. The summed E-state index contributed by atoms with van der Waals surface area (Å²) in [4.78, 5) is 59.1. The van der Waals surface area contributed by atoms with Crippen LogP contribution in [0.3, 0.4) is 0 Å². The van der Waals surface area contributed by atoms with Gasteiger partial charge in [-0.15, -0.1) is 0 Å². The topological polar surface area (TPSA) is 385 Å². The Morgan fingerprint density at radius 2 is 0.641 bits per heavy atom. The van der Waals surface area contributed by atoms with E-state index in [1.807, 2.05) is 219 Å². The second kappa shape index (κ2) is 45.5. The van der Waals surface area contributed by atoms with Gasteiger partial charge < -0.3 is 40.9 Å². The van der Waals surface area contributed by atoms with Gasteiger partial charge in [0.1, 0.15) is 11.6 Å². The lowest BCUT2D eigenvalue weighted by atomic mass is 9.92. The molecule has 0 aliphatic heterocycles. The van der Waals surface area contributed by atoms with E-state index in [0.29, 0.717) is 56.6 Å². The van der Waals surface area contributed by atoms with E-state index in [1.165, 1.54) is 58.3 Å². The summed E-state index contributed by atoms with van der Waals surface area (Å²) < 4.78 is 147. The van der Waals surface area contributed by atoms with Gasteiger partial charge in [0.15, 0.2) is 20.1 Å². The molecule has 8 amide bonds. The lowest BCUT2D eigenvalue weighted by Gasteiger charge is -2.24. The molecule has 39 heteroatoms. The minimum absolute atomic E-state index is 0.00143. The molecule has 2 aliphatic carbocycles. The Labute approximate surface area is 780 Å². The van der Waals surface area contributed by atoms with Gasteiger partial charge in [-0.1, -0.05) is 122 Å². The van der Waals surface area contributed by atoms with Crippen LogP contribution in [-0.4, -0.2) is 173 Å². The summed E-state index contributed by atoms with van der Waals surface area (Å²) in [6.45, 7) is 41.1. The first-order valence-electron chi connectivity index (χ1n) is 44.8. The van der Waals surface area contributed by atoms with Crippen LogP contribution in [0.4, 0.5) is 50.7 Å². The number of nitrogens with zero attached hydrogens (tertiary/aromatic N) is 12. The average Bonchev–Trinajstić information content (AvgIpc) is 1.63. The van der Waals surface area contributed by atoms with Gasteiger partial charge in [0, 0.05) is 83.8 Å². The normalized spacial score (nSPS) is 13.7. The third kappa shape index (κ3) is 27.4. The van der Waals surface area contributed by atoms with Crippen molar-refractivity contribution in [3.63, 3.8) is 0 Å². The van der Waals surface area contributed by atoms with Crippen molar-refractivity contribution in [2.45, 2.75) is 302 Å². The van der Waals surface area contributed by atoms with E-state index < -0.39 is 75.9 Å². The molecule has 4 heterocycles. The third-order valence-corrected chi connectivity index (χ3v) is 27.9. The van der Waals surface area contributed by atoms with Crippen LogP contribution in [0.2, 0.25) is 5.02 Å². The number of halogens is 3. The van der Waals surface area contributed by atoms with E-state index in [4.69, 9.17) is 11.6 Å². The highest BCUT2D eigenvalue weighted by Crippen LogP contribution is 2.42. The number of anilines is 4. The van der Waals surface area contributed by atoms with Crippen LogP contribution in [0, 0.1) is 11.6 Å². The Bertz CT molecular complexity index is 5740. The predicted octanol–water partition coefficient (Wildman–Crippen LogP) is 18.6. The molecule has 0 saturated heterocycles. The first kappa shape index (κ1) is 109. The molecule has 131 heavy (non-hydrogen) atoms. The molecule has 2 aliphatic rings. The number of aromatic nitrogens is 8. The second-order valence-electron chi connectivity index (χ2n) is 37.1. The van der Waals surface area contributed by atoms with Crippen molar-refractivity contribution in [1.82, 2.24) is 77.6 Å². The van der Waals surface area contributed by atoms with E-state index in [0.717, 1.165) is 103 Å². The number of amides is 8. The van der Waals surface area contributed by atoms with Gasteiger partial charge in [-0.2, -0.15) is 54.1 Å². The van der Waals surface area contributed by atoms with Crippen LogP contribution in [0.25, 0.3) is 0 Å². The standard InChI is InChI=1S/C24H38FN5O3S.C24H35N5O3S.C22H34ClN5O3S.C22H34FN5O3S/c1-10-20(29(8)9)21-13-22(27-30(21)16(6)7)34(32,33)28-24(31)26-23-18(14(2)3)11-17(25)12-19(23)15(4)5;1-6-20(28(4)5)21-14-22(26-29(21)15(2)3)33(31,32)27-24(30)25-23-18-11-7-9-16(18)13-17-10-8-12-19(17)23;1-9-18(27(6)7)19-12-20(25-28(19)8)32(30,31)26-22(29)24-21-16(13(2)3)10-15(23)11-17(21)14(4)5;1-13(2)18-9-16(23)10-19(14(3)4)21(18)24-22(29)26-32(30,31)20-11-17(12-27(7)8)28(25-20)15(5)6/h11-16,20H,10H2,1-9H3,(H2,26,28,31);13-15,20H,6-12H2,1-5H3,(H2,25,27,30);10-14,18H,9H2,1-8H3,(H2,24,26,29);9-11,13-15H,12H2,1-8H3,(H2,24,26,29). The molecule has 4 aromatic carbocycles. The smallest absolute Gasteiger partial charge is 0.307 e.